The Bertz CT molecular complexity index is 404. The second-order valence-corrected chi connectivity index (χ2v) is 7.27. The van der Waals surface area contributed by atoms with Crippen molar-refractivity contribution >= 4 is 11.3 Å². The number of aromatic nitrogens is 1. The summed E-state index contributed by atoms with van der Waals surface area (Å²) in [5, 5.41) is 3.37. The molecule has 1 aromatic heterocycles. The maximum Gasteiger partial charge on any atom is 0.109 e. The van der Waals surface area contributed by atoms with E-state index in [0.29, 0.717) is 18.0 Å². The van der Waals surface area contributed by atoms with E-state index >= 15 is 0 Å². The van der Waals surface area contributed by atoms with Crippen LogP contribution in [-0.4, -0.2) is 46.5 Å². The van der Waals surface area contributed by atoms with Crippen LogP contribution in [0.1, 0.15) is 44.7 Å². The summed E-state index contributed by atoms with van der Waals surface area (Å²) in [4.78, 5) is 9.97. The van der Waals surface area contributed by atoms with Crippen molar-refractivity contribution in [3.63, 3.8) is 0 Å². The molecule has 2 aliphatic rings. The summed E-state index contributed by atoms with van der Waals surface area (Å²) >= 11 is 1.80. The van der Waals surface area contributed by atoms with Crippen LogP contribution in [0, 0.1) is 5.92 Å². The lowest BCUT2D eigenvalue weighted by molar-refractivity contribution is 0.00400. The van der Waals surface area contributed by atoms with Gasteiger partial charge in [0.25, 0.3) is 0 Å². The Balaban J connectivity index is 1.80. The fraction of sp³-hybridized carbons (Fsp3) is 0.800. The Labute approximate surface area is 120 Å². The van der Waals surface area contributed by atoms with Crippen molar-refractivity contribution in [3.05, 3.63) is 16.6 Å². The monoisotopic (exact) mass is 279 g/mol. The Hall–Kier alpha value is -0.450. The molecule has 2 fully saturated rings. The molecular formula is C15H25N3S. The summed E-state index contributed by atoms with van der Waals surface area (Å²) in [5.41, 5.74) is 0. The molecule has 1 aromatic rings. The van der Waals surface area contributed by atoms with Gasteiger partial charge in [-0.25, -0.2) is 4.98 Å². The van der Waals surface area contributed by atoms with Crippen LogP contribution in [0.5, 0.6) is 0 Å². The van der Waals surface area contributed by atoms with Crippen LogP contribution in [0.25, 0.3) is 0 Å². The summed E-state index contributed by atoms with van der Waals surface area (Å²) in [5.74, 6) is 0.712. The van der Waals surface area contributed by atoms with Gasteiger partial charge in [0.15, 0.2) is 0 Å². The number of rotatable bonds is 3. The van der Waals surface area contributed by atoms with E-state index in [4.69, 9.17) is 0 Å². The average molecular weight is 279 g/mol. The lowest BCUT2D eigenvalue weighted by atomic mass is 9.95. The first kappa shape index (κ1) is 13.5. The van der Waals surface area contributed by atoms with Crippen molar-refractivity contribution in [1.82, 2.24) is 14.8 Å². The normalized spacial score (nSPS) is 30.7. The summed E-state index contributed by atoms with van der Waals surface area (Å²) in [6, 6.07) is 1.93. The molecule has 0 aromatic carbocycles. The molecule has 4 heteroatoms. The SMILES string of the molecule is CC(C)C1CN2CCCC2CN1C(C)c1nccs1. The fourth-order valence-corrected chi connectivity index (χ4v) is 4.40. The van der Waals surface area contributed by atoms with Gasteiger partial charge in [0.2, 0.25) is 0 Å². The van der Waals surface area contributed by atoms with E-state index in [2.05, 4.69) is 40.9 Å². The number of thiazole rings is 1. The summed E-state index contributed by atoms with van der Waals surface area (Å²) in [6.45, 7) is 10.8. The molecule has 0 radical (unpaired) electrons. The fourth-order valence-electron chi connectivity index (χ4n) is 3.69. The zero-order chi connectivity index (χ0) is 13.4. The highest BCUT2D eigenvalue weighted by atomic mass is 32.1. The predicted octanol–water partition coefficient (Wildman–Crippen LogP) is 3.01. The Morgan fingerprint density at radius 1 is 1.32 bits per heavy atom. The molecule has 0 N–H and O–H groups in total. The van der Waals surface area contributed by atoms with E-state index in [0.717, 1.165) is 6.04 Å². The average Bonchev–Trinajstić information content (AvgIpc) is 3.06. The van der Waals surface area contributed by atoms with Gasteiger partial charge in [-0.15, -0.1) is 11.3 Å². The Morgan fingerprint density at radius 3 is 2.84 bits per heavy atom. The van der Waals surface area contributed by atoms with Crippen LogP contribution < -0.4 is 0 Å². The van der Waals surface area contributed by atoms with E-state index in [1.54, 1.807) is 11.3 Å². The van der Waals surface area contributed by atoms with Crippen LogP contribution >= 0.6 is 11.3 Å². The van der Waals surface area contributed by atoms with Crippen molar-refractivity contribution < 1.29 is 0 Å². The minimum absolute atomic E-state index is 0.468. The number of nitrogens with zero attached hydrogens (tertiary/aromatic N) is 3. The molecule has 19 heavy (non-hydrogen) atoms. The van der Waals surface area contributed by atoms with Gasteiger partial charge in [-0.3, -0.25) is 9.80 Å². The smallest absolute Gasteiger partial charge is 0.109 e. The molecule has 2 aliphatic heterocycles. The minimum Gasteiger partial charge on any atom is -0.298 e. The van der Waals surface area contributed by atoms with E-state index in [-0.39, 0.29) is 0 Å². The molecule has 3 nitrogen and oxygen atoms in total. The van der Waals surface area contributed by atoms with E-state index in [9.17, 15) is 0 Å². The summed E-state index contributed by atoms with van der Waals surface area (Å²) in [7, 11) is 0. The quantitative estimate of drug-likeness (QED) is 0.848. The first-order valence-electron chi connectivity index (χ1n) is 7.56. The number of hydrogen-bond donors (Lipinski definition) is 0. The highest BCUT2D eigenvalue weighted by Crippen LogP contribution is 2.34. The summed E-state index contributed by atoms with van der Waals surface area (Å²) in [6.07, 6.45) is 4.70. The minimum atomic E-state index is 0.468. The largest absolute Gasteiger partial charge is 0.298 e. The standard InChI is InChI=1S/C15H25N3S/c1-11(2)14-10-17-7-4-5-13(17)9-18(14)12(3)15-16-6-8-19-15/h6,8,11-14H,4-5,7,9-10H2,1-3H3. The van der Waals surface area contributed by atoms with Crippen LogP contribution in [0.3, 0.4) is 0 Å². The molecule has 3 rings (SSSR count). The third-order valence-electron chi connectivity index (χ3n) is 4.84. The summed E-state index contributed by atoms with van der Waals surface area (Å²) < 4.78 is 0. The number of fused-ring (bicyclic) bond motifs is 1. The van der Waals surface area contributed by atoms with Crippen LogP contribution in [0.15, 0.2) is 11.6 Å². The highest BCUT2D eigenvalue weighted by molar-refractivity contribution is 7.09. The van der Waals surface area contributed by atoms with Gasteiger partial charge in [0.05, 0.1) is 6.04 Å². The third kappa shape index (κ3) is 2.58. The first-order valence-corrected chi connectivity index (χ1v) is 8.44. The van der Waals surface area contributed by atoms with Crippen molar-refractivity contribution in [2.75, 3.05) is 19.6 Å². The third-order valence-corrected chi connectivity index (χ3v) is 5.79. The Kier molecular flexibility index (Phi) is 3.92. The first-order chi connectivity index (χ1) is 9.16. The number of hydrogen-bond acceptors (Lipinski definition) is 4. The van der Waals surface area contributed by atoms with E-state index in [1.807, 2.05) is 6.20 Å². The molecule has 0 aliphatic carbocycles. The second-order valence-electron chi connectivity index (χ2n) is 6.35. The van der Waals surface area contributed by atoms with Gasteiger partial charge in [-0.1, -0.05) is 13.8 Å². The van der Waals surface area contributed by atoms with Crippen LogP contribution in [0.4, 0.5) is 0 Å². The van der Waals surface area contributed by atoms with Gasteiger partial charge in [-0.05, 0) is 32.2 Å². The maximum absolute atomic E-state index is 4.53. The molecule has 0 spiro atoms. The predicted molar refractivity (Wildman–Crippen MR) is 80.5 cm³/mol. The van der Waals surface area contributed by atoms with Gasteiger partial charge in [0, 0.05) is 36.8 Å². The second kappa shape index (κ2) is 5.51. The number of piperazine rings is 1. The molecule has 0 bridgehead atoms. The topological polar surface area (TPSA) is 19.4 Å². The Morgan fingerprint density at radius 2 is 2.16 bits per heavy atom. The van der Waals surface area contributed by atoms with E-state index < -0.39 is 0 Å². The lowest BCUT2D eigenvalue weighted by Crippen LogP contribution is -2.58. The molecule has 2 saturated heterocycles. The lowest BCUT2D eigenvalue weighted by Gasteiger charge is -2.47. The van der Waals surface area contributed by atoms with Gasteiger partial charge in [0.1, 0.15) is 5.01 Å². The van der Waals surface area contributed by atoms with Crippen molar-refractivity contribution in [3.8, 4) is 0 Å². The van der Waals surface area contributed by atoms with Gasteiger partial charge in [-0.2, -0.15) is 0 Å². The molecule has 0 saturated carbocycles. The zero-order valence-electron chi connectivity index (χ0n) is 12.2. The van der Waals surface area contributed by atoms with Crippen molar-refractivity contribution in [1.29, 1.82) is 0 Å². The van der Waals surface area contributed by atoms with Crippen molar-refractivity contribution in [2.24, 2.45) is 5.92 Å². The van der Waals surface area contributed by atoms with Crippen molar-refractivity contribution in [2.45, 2.75) is 51.7 Å². The molecule has 106 valence electrons. The van der Waals surface area contributed by atoms with Gasteiger partial charge >= 0.3 is 0 Å². The molecule has 3 atom stereocenters. The van der Waals surface area contributed by atoms with Gasteiger partial charge < -0.3 is 0 Å². The maximum atomic E-state index is 4.53. The molecular weight excluding hydrogens is 254 g/mol. The highest BCUT2D eigenvalue weighted by Gasteiger charge is 2.39. The van der Waals surface area contributed by atoms with Crippen LogP contribution in [-0.2, 0) is 0 Å². The van der Waals surface area contributed by atoms with E-state index in [1.165, 1.54) is 37.5 Å². The zero-order valence-corrected chi connectivity index (χ0v) is 13.1. The molecule has 3 unspecified atom stereocenters. The molecule has 3 heterocycles. The molecule has 0 amide bonds. The van der Waals surface area contributed by atoms with Crippen LogP contribution in [0.2, 0.25) is 0 Å².